The molecule has 1 amide bonds. The molecule has 3 aliphatic rings. The van der Waals surface area contributed by atoms with Gasteiger partial charge in [-0.3, -0.25) is 0 Å². The first-order valence-corrected chi connectivity index (χ1v) is 10.0. The molecule has 4 heteroatoms. The van der Waals surface area contributed by atoms with Gasteiger partial charge >= 0.3 is 6.09 Å². The van der Waals surface area contributed by atoms with Crippen molar-refractivity contribution < 1.29 is 9.53 Å². The number of likely N-dealkylation sites (tertiary alicyclic amines) is 1. The van der Waals surface area contributed by atoms with Crippen molar-refractivity contribution in [3.8, 4) is 0 Å². The van der Waals surface area contributed by atoms with Crippen LogP contribution in [-0.4, -0.2) is 42.3 Å². The molecule has 138 valence electrons. The zero-order chi connectivity index (χ0) is 17.4. The zero-order valence-electron chi connectivity index (χ0n) is 16.1. The van der Waals surface area contributed by atoms with Gasteiger partial charge in [-0.2, -0.15) is 0 Å². The molecule has 4 atom stereocenters. The minimum Gasteiger partial charge on any atom is -0.444 e. The first-order valence-electron chi connectivity index (χ1n) is 10.0. The van der Waals surface area contributed by atoms with Gasteiger partial charge in [-0.15, -0.1) is 0 Å². The molecule has 3 rings (SSSR count). The lowest BCUT2D eigenvalue weighted by atomic mass is 9.77. The van der Waals surface area contributed by atoms with Crippen LogP contribution in [0.1, 0.15) is 72.6 Å². The first-order chi connectivity index (χ1) is 11.3. The van der Waals surface area contributed by atoms with Gasteiger partial charge in [-0.25, -0.2) is 4.79 Å². The molecule has 4 nitrogen and oxygen atoms in total. The lowest BCUT2D eigenvalue weighted by Crippen LogP contribution is -2.52. The summed E-state index contributed by atoms with van der Waals surface area (Å²) in [4.78, 5) is 14.4. The molecule has 0 aromatic carbocycles. The van der Waals surface area contributed by atoms with Crippen LogP contribution in [0.25, 0.3) is 0 Å². The smallest absolute Gasteiger partial charge is 0.410 e. The molecule has 1 heterocycles. The van der Waals surface area contributed by atoms with Crippen LogP contribution in [0.15, 0.2) is 0 Å². The Morgan fingerprint density at radius 3 is 2.79 bits per heavy atom. The summed E-state index contributed by atoms with van der Waals surface area (Å²) in [5, 5.41) is 3.90. The van der Waals surface area contributed by atoms with Gasteiger partial charge in [0, 0.05) is 31.1 Å². The summed E-state index contributed by atoms with van der Waals surface area (Å²) in [7, 11) is 0. The van der Waals surface area contributed by atoms with Gasteiger partial charge in [0.05, 0.1) is 0 Å². The number of hydrogen-bond acceptors (Lipinski definition) is 3. The van der Waals surface area contributed by atoms with Crippen LogP contribution >= 0.6 is 0 Å². The van der Waals surface area contributed by atoms with E-state index in [2.05, 4.69) is 12.2 Å². The van der Waals surface area contributed by atoms with Crippen molar-refractivity contribution in [1.82, 2.24) is 10.2 Å². The van der Waals surface area contributed by atoms with Crippen LogP contribution < -0.4 is 5.32 Å². The number of fused-ring (bicyclic) bond motifs is 1. The lowest BCUT2D eigenvalue weighted by molar-refractivity contribution is 0.00269. The summed E-state index contributed by atoms with van der Waals surface area (Å²) in [6, 6.07) is 0.726. The number of carbonyl (C=O) groups excluding carboxylic acids is 1. The van der Waals surface area contributed by atoms with Gasteiger partial charge < -0.3 is 15.0 Å². The second-order valence-corrected chi connectivity index (χ2v) is 9.44. The number of nitrogens with zero attached hydrogens (tertiary/aromatic N) is 1. The van der Waals surface area contributed by atoms with E-state index in [4.69, 9.17) is 4.74 Å². The highest BCUT2D eigenvalue weighted by atomic mass is 16.6. The van der Waals surface area contributed by atoms with E-state index >= 15 is 0 Å². The molecule has 0 aromatic rings. The molecule has 1 N–H and O–H groups in total. The van der Waals surface area contributed by atoms with E-state index in [1.807, 2.05) is 25.7 Å². The van der Waals surface area contributed by atoms with Gasteiger partial charge in [0.1, 0.15) is 5.60 Å². The molecule has 24 heavy (non-hydrogen) atoms. The van der Waals surface area contributed by atoms with Crippen LogP contribution in [0.2, 0.25) is 0 Å². The Labute approximate surface area is 147 Å². The fourth-order valence-corrected chi connectivity index (χ4v) is 4.76. The third-order valence-corrected chi connectivity index (χ3v) is 6.39. The molecule has 0 bridgehead atoms. The normalized spacial score (nSPS) is 36.2. The summed E-state index contributed by atoms with van der Waals surface area (Å²) in [5.74, 6) is 1.96. The van der Waals surface area contributed by atoms with Crippen LogP contribution in [-0.2, 0) is 4.74 Å². The SMILES string of the molecule is CCC1(CNC2CCCC3CC32)CCCN(C(=O)OC(C)(C)C)C1. The van der Waals surface area contributed by atoms with Crippen molar-refractivity contribution in [2.24, 2.45) is 17.3 Å². The van der Waals surface area contributed by atoms with E-state index in [1.54, 1.807) is 0 Å². The number of ether oxygens (including phenoxy) is 1. The predicted molar refractivity (Wildman–Crippen MR) is 97.0 cm³/mol. The predicted octanol–water partition coefficient (Wildman–Crippen LogP) is 4.19. The third-order valence-electron chi connectivity index (χ3n) is 6.39. The molecule has 2 saturated carbocycles. The highest BCUT2D eigenvalue weighted by molar-refractivity contribution is 5.68. The van der Waals surface area contributed by atoms with E-state index in [0.717, 1.165) is 50.4 Å². The molecule has 0 aromatic heterocycles. The largest absolute Gasteiger partial charge is 0.444 e. The van der Waals surface area contributed by atoms with Crippen molar-refractivity contribution >= 4 is 6.09 Å². The Morgan fingerprint density at radius 2 is 2.08 bits per heavy atom. The Hall–Kier alpha value is -0.770. The number of hydrogen-bond donors (Lipinski definition) is 1. The number of carbonyl (C=O) groups is 1. The van der Waals surface area contributed by atoms with Crippen LogP contribution in [0.5, 0.6) is 0 Å². The minimum absolute atomic E-state index is 0.139. The van der Waals surface area contributed by atoms with Crippen molar-refractivity contribution in [1.29, 1.82) is 0 Å². The van der Waals surface area contributed by atoms with Crippen molar-refractivity contribution in [2.45, 2.75) is 84.3 Å². The van der Waals surface area contributed by atoms with Gasteiger partial charge in [0.15, 0.2) is 0 Å². The maximum atomic E-state index is 12.5. The van der Waals surface area contributed by atoms with Crippen molar-refractivity contribution in [3.05, 3.63) is 0 Å². The Balaban J connectivity index is 1.56. The van der Waals surface area contributed by atoms with Crippen molar-refractivity contribution in [2.75, 3.05) is 19.6 Å². The molecule has 3 fully saturated rings. The molecular weight excluding hydrogens is 300 g/mol. The van der Waals surface area contributed by atoms with E-state index in [1.165, 1.54) is 32.1 Å². The topological polar surface area (TPSA) is 41.6 Å². The van der Waals surface area contributed by atoms with E-state index in [9.17, 15) is 4.79 Å². The summed E-state index contributed by atoms with van der Waals surface area (Å²) >= 11 is 0. The maximum Gasteiger partial charge on any atom is 0.410 e. The van der Waals surface area contributed by atoms with Gasteiger partial charge in [-0.05, 0) is 64.7 Å². The van der Waals surface area contributed by atoms with E-state index < -0.39 is 5.60 Å². The second kappa shape index (κ2) is 6.86. The summed E-state index contributed by atoms with van der Waals surface area (Å²) in [6.45, 7) is 10.8. The quantitative estimate of drug-likeness (QED) is 0.837. The first kappa shape index (κ1) is 18.0. The zero-order valence-corrected chi connectivity index (χ0v) is 16.1. The molecule has 2 aliphatic carbocycles. The highest BCUT2D eigenvalue weighted by Crippen LogP contribution is 2.49. The van der Waals surface area contributed by atoms with Gasteiger partial charge in [-0.1, -0.05) is 19.8 Å². The standard InChI is InChI=1S/C20H36N2O2/c1-5-20(13-21-17-9-6-8-15-12-16(15)17)10-7-11-22(14-20)18(23)24-19(2,3)4/h15-17,21H,5-14H2,1-4H3. The monoisotopic (exact) mass is 336 g/mol. The summed E-state index contributed by atoms with van der Waals surface area (Å²) in [5.41, 5.74) is -0.193. The summed E-state index contributed by atoms with van der Waals surface area (Å²) < 4.78 is 5.60. The van der Waals surface area contributed by atoms with Crippen LogP contribution in [0.4, 0.5) is 4.79 Å². The Bertz CT molecular complexity index is 459. The van der Waals surface area contributed by atoms with Crippen LogP contribution in [0, 0.1) is 17.3 Å². The molecule has 1 aliphatic heterocycles. The molecular formula is C20H36N2O2. The Morgan fingerprint density at radius 1 is 1.29 bits per heavy atom. The molecule has 1 saturated heterocycles. The minimum atomic E-state index is -0.412. The maximum absolute atomic E-state index is 12.5. The van der Waals surface area contributed by atoms with Crippen molar-refractivity contribution in [3.63, 3.8) is 0 Å². The fraction of sp³-hybridized carbons (Fsp3) is 0.950. The Kier molecular flexibility index (Phi) is 5.15. The number of nitrogens with one attached hydrogen (secondary N) is 1. The van der Waals surface area contributed by atoms with Gasteiger partial charge in [0.25, 0.3) is 0 Å². The van der Waals surface area contributed by atoms with Gasteiger partial charge in [0.2, 0.25) is 0 Å². The average Bonchev–Trinajstić information content (AvgIpc) is 3.31. The summed E-state index contributed by atoms with van der Waals surface area (Å²) in [6.07, 6.45) is 8.93. The molecule has 0 radical (unpaired) electrons. The number of rotatable bonds is 4. The number of piperidine rings is 1. The third kappa shape index (κ3) is 4.25. The second-order valence-electron chi connectivity index (χ2n) is 9.44. The lowest BCUT2D eigenvalue weighted by Gasteiger charge is -2.43. The molecule has 0 spiro atoms. The number of amides is 1. The van der Waals surface area contributed by atoms with E-state index in [-0.39, 0.29) is 11.5 Å². The fourth-order valence-electron chi connectivity index (χ4n) is 4.76. The van der Waals surface area contributed by atoms with E-state index in [0.29, 0.717) is 0 Å². The molecule has 4 unspecified atom stereocenters. The average molecular weight is 337 g/mol. The highest BCUT2D eigenvalue weighted by Gasteiger charge is 2.46. The van der Waals surface area contributed by atoms with Crippen LogP contribution in [0.3, 0.4) is 0 Å².